The molecule has 1 fully saturated rings. The third-order valence-corrected chi connectivity index (χ3v) is 5.77. The molecule has 1 aromatic carbocycles. The molecule has 3 rings (SSSR count). The van der Waals surface area contributed by atoms with Gasteiger partial charge in [-0.15, -0.1) is 0 Å². The van der Waals surface area contributed by atoms with Crippen LogP contribution >= 0.6 is 0 Å². The number of rotatable bonds is 2. The lowest BCUT2D eigenvalue weighted by atomic mass is 9.64. The summed E-state index contributed by atoms with van der Waals surface area (Å²) in [5.41, 5.74) is 3.32. The Hall–Kier alpha value is -0.780. The predicted molar refractivity (Wildman–Crippen MR) is 82.3 cm³/mol. The van der Waals surface area contributed by atoms with Crippen molar-refractivity contribution in [2.75, 3.05) is 0 Å². The van der Waals surface area contributed by atoms with Crippen LogP contribution in [0.1, 0.15) is 63.5 Å². The molecule has 0 heterocycles. The maximum atomic E-state index is 2.46. The normalized spacial score (nSPS) is 34.5. The van der Waals surface area contributed by atoms with Crippen LogP contribution in [-0.2, 0) is 6.42 Å². The first-order valence-corrected chi connectivity index (χ1v) is 8.24. The Labute approximate surface area is 118 Å². The molecule has 0 spiro atoms. The van der Waals surface area contributed by atoms with Gasteiger partial charge in [-0.3, -0.25) is 0 Å². The molecule has 1 unspecified atom stereocenters. The quantitative estimate of drug-likeness (QED) is 0.662. The first kappa shape index (κ1) is 13.2. The highest BCUT2D eigenvalue weighted by atomic mass is 14.4. The summed E-state index contributed by atoms with van der Waals surface area (Å²) in [5.74, 6) is 4.53. The van der Waals surface area contributed by atoms with Crippen molar-refractivity contribution in [2.24, 2.45) is 23.7 Å². The fourth-order valence-electron chi connectivity index (χ4n) is 4.77. The first-order valence-electron chi connectivity index (χ1n) is 8.24. The molecule has 0 N–H and O–H groups in total. The van der Waals surface area contributed by atoms with Crippen LogP contribution < -0.4 is 0 Å². The summed E-state index contributed by atoms with van der Waals surface area (Å²) in [5, 5.41) is 0. The van der Waals surface area contributed by atoms with E-state index in [9.17, 15) is 0 Å². The molecule has 1 aromatic rings. The minimum atomic E-state index is 0.852. The maximum Gasteiger partial charge on any atom is -0.0125 e. The number of benzene rings is 1. The van der Waals surface area contributed by atoms with Crippen LogP contribution in [0.5, 0.6) is 0 Å². The van der Waals surface area contributed by atoms with Gasteiger partial charge in [-0.2, -0.15) is 0 Å². The van der Waals surface area contributed by atoms with Gasteiger partial charge in [-0.1, -0.05) is 51.5 Å². The lowest BCUT2D eigenvalue weighted by Crippen LogP contribution is -2.31. The largest absolute Gasteiger partial charge is 0.0625 e. The van der Waals surface area contributed by atoms with E-state index in [4.69, 9.17) is 0 Å². The highest BCUT2D eigenvalue weighted by molar-refractivity contribution is 5.35. The van der Waals surface area contributed by atoms with Crippen LogP contribution in [-0.4, -0.2) is 0 Å². The van der Waals surface area contributed by atoms with Gasteiger partial charge in [0.15, 0.2) is 0 Å². The zero-order valence-electron chi connectivity index (χ0n) is 12.7. The summed E-state index contributed by atoms with van der Waals surface area (Å²) in [7, 11) is 0. The molecule has 0 bridgehead atoms. The van der Waals surface area contributed by atoms with Crippen LogP contribution in [0.3, 0.4) is 0 Å². The maximum absolute atomic E-state index is 2.46. The van der Waals surface area contributed by atoms with Crippen molar-refractivity contribution in [1.82, 2.24) is 0 Å². The molecule has 0 amide bonds. The Bertz CT molecular complexity index is 431. The van der Waals surface area contributed by atoms with Crippen molar-refractivity contribution in [3.05, 3.63) is 35.4 Å². The van der Waals surface area contributed by atoms with E-state index in [-0.39, 0.29) is 0 Å². The molecule has 0 saturated heterocycles. The summed E-state index contributed by atoms with van der Waals surface area (Å²) >= 11 is 0. The smallest absolute Gasteiger partial charge is 0.0125 e. The van der Waals surface area contributed by atoms with Crippen molar-refractivity contribution >= 4 is 0 Å². The van der Waals surface area contributed by atoms with Crippen molar-refractivity contribution < 1.29 is 0 Å². The fraction of sp³-hybridized carbons (Fsp3) is 0.684. The van der Waals surface area contributed by atoms with Crippen molar-refractivity contribution in [1.29, 1.82) is 0 Å². The molecule has 104 valence electrons. The second-order valence-corrected chi connectivity index (χ2v) is 7.33. The minimum Gasteiger partial charge on any atom is -0.0625 e. The van der Waals surface area contributed by atoms with E-state index in [1.807, 2.05) is 0 Å². The van der Waals surface area contributed by atoms with Gasteiger partial charge in [0.1, 0.15) is 0 Å². The lowest BCUT2D eigenvalue weighted by Gasteiger charge is -2.41. The molecule has 0 nitrogen and oxygen atoms in total. The molecule has 19 heavy (non-hydrogen) atoms. The monoisotopic (exact) mass is 256 g/mol. The molecule has 4 atom stereocenters. The van der Waals surface area contributed by atoms with Crippen molar-refractivity contribution in [3.63, 3.8) is 0 Å². The second kappa shape index (κ2) is 5.31. The van der Waals surface area contributed by atoms with Gasteiger partial charge < -0.3 is 0 Å². The second-order valence-electron chi connectivity index (χ2n) is 7.33. The number of hydrogen-bond donors (Lipinski definition) is 0. The summed E-state index contributed by atoms with van der Waals surface area (Å²) in [6.45, 7) is 7.34. The van der Waals surface area contributed by atoms with E-state index in [1.54, 1.807) is 11.1 Å². The Morgan fingerprint density at radius 1 is 1.05 bits per heavy atom. The first-order chi connectivity index (χ1) is 9.16. The molecular formula is C19H28. The van der Waals surface area contributed by atoms with Crippen molar-refractivity contribution in [2.45, 2.75) is 58.8 Å². The standard InChI is InChI=1S/C19H28/c1-13(2)16-10-8-14(3)12-19(16)18-11-9-15-6-4-5-7-17(15)18/h4-7,13-14,16,18-19H,8-12H2,1-3H3/t14-,16+,18?,19+/m1/s1. The summed E-state index contributed by atoms with van der Waals surface area (Å²) < 4.78 is 0. The third kappa shape index (κ3) is 2.47. The zero-order chi connectivity index (χ0) is 13.4. The molecule has 0 aliphatic heterocycles. The van der Waals surface area contributed by atoms with E-state index < -0.39 is 0 Å². The van der Waals surface area contributed by atoms with Gasteiger partial charge >= 0.3 is 0 Å². The number of hydrogen-bond acceptors (Lipinski definition) is 0. The van der Waals surface area contributed by atoms with E-state index in [1.165, 1.54) is 32.1 Å². The van der Waals surface area contributed by atoms with Crippen LogP contribution in [0.15, 0.2) is 24.3 Å². The molecule has 0 heteroatoms. The van der Waals surface area contributed by atoms with Gasteiger partial charge in [0.2, 0.25) is 0 Å². The highest BCUT2D eigenvalue weighted by Gasteiger charge is 2.38. The van der Waals surface area contributed by atoms with Gasteiger partial charge in [0, 0.05) is 0 Å². The SMILES string of the molecule is CC(C)[C@@H]1CC[C@@H](C)C[C@@H]1C1CCc2ccccc21. The fourth-order valence-corrected chi connectivity index (χ4v) is 4.77. The van der Waals surface area contributed by atoms with E-state index in [0.29, 0.717) is 0 Å². The molecule has 1 saturated carbocycles. The van der Waals surface area contributed by atoms with E-state index >= 15 is 0 Å². The molecule has 0 aromatic heterocycles. The summed E-state index contributed by atoms with van der Waals surface area (Å²) in [6, 6.07) is 9.22. The summed E-state index contributed by atoms with van der Waals surface area (Å²) in [6.07, 6.45) is 7.09. The molecule has 2 aliphatic rings. The molecular weight excluding hydrogens is 228 g/mol. The Kier molecular flexibility index (Phi) is 3.69. The van der Waals surface area contributed by atoms with Crippen LogP contribution in [0, 0.1) is 23.7 Å². The van der Waals surface area contributed by atoms with E-state index in [2.05, 4.69) is 45.0 Å². The Morgan fingerprint density at radius 2 is 1.84 bits per heavy atom. The third-order valence-electron chi connectivity index (χ3n) is 5.77. The van der Waals surface area contributed by atoms with Gasteiger partial charge in [-0.05, 0) is 66.4 Å². The highest BCUT2D eigenvalue weighted by Crippen LogP contribution is 2.49. The number of aryl methyl sites for hydroxylation is 1. The van der Waals surface area contributed by atoms with Gasteiger partial charge in [0.25, 0.3) is 0 Å². The van der Waals surface area contributed by atoms with Crippen LogP contribution in [0.25, 0.3) is 0 Å². The molecule has 2 aliphatic carbocycles. The van der Waals surface area contributed by atoms with Crippen LogP contribution in [0.2, 0.25) is 0 Å². The summed E-state index contributed by atoms with van der Waals surface area (Å²) in [4.78, 5) is 0. The number of fused-ring (bicyclic) bond motifs is 1. The minimum absolute atomic E-state index is 0.852. The average Bonchev–Trinajstić information content (AvgIpc) is 2.82. The van der Waals surface area contributed by atoms with Gasteiger partial charge in [0.05, 0.1) is 0 Å². The lowest BCUT2D eigenvalue weighted by molar-refractivity contribution is 0.120. The Morgan fingerprint density at radius 3 is 2.63 bits per heavy atom. The van der Waals surface area contributed by atoms with Gasteiger partial charge in [-0.25, -0.2) is 0 Å². The predicted octanol–water partition coefficient (Wildman–Crippen LogP) is 5.42. The van der Waals surface area contributed by atoms with Crippen LogP contribution in [0.4, 0.5) is 0 Å². The van der Waals surface area contributed by atoms with Crippen molar-refractivity contribution in [3.8, 4) is 0 Å². The topological polar surface area (TPSA) is 0 Å². The Balaban J connectivity index is 1.87. The zero-order valence-corrected chi connectivity index (χ0v) is 12.7. The van der Waals surface area contributed by atoms with E-state index in [0.717, 1.165) is 29.6 Å². The molecule has 0 radical (unpaired) electrons. The average molecular weight is 256 g/mol.